The standard InChI is InChI=1S/C21H24N4O5/c1-4-18(27)14-5-8-17(9-6-14)30-13-16(26)12-25-23-21(22-24-25)15-7-10-19(28-2)20(11-15)29-3/h5-11,16,26H,4,12-13H2,1-3H3. The molecule has 0 aliphatic rings. The number of ether oxygens (including phenoxy) is 3. The van der Waals surface area contributed by atoms with E-state index < -0.39 is 6.10 Å². The van der Waals surface area contributed by atoms with Crippen LogP contribution in [0.2, 0.25) is 0 Å². The number of methoxy groups -OCH3 is 2. The van der Waals surface area contributed by atoms with Crippen LogP contribution in [0.5, 0.6) is 17.2 Å². The van der Waals surface area contributed by atoms with Crippen LogP contribution in [0, 0.1) is 0 Å². The van der Waals surface area contributed by atoms with Gasteiger partial charge in [-0.3, -0.25) is 4.79 Å². The predicted octanol–water partition coefficient (Wildman–Crippen LogP) is 2.39. The maximum absolute atomic E-state index is 11.6. The zero-order valence-corrected chi connectivity index (χ0v) is 17.1. The van der Waals surface area contributed by atoms with E-state index in [0.717, 1.165) is 0 Å². The third kappa shape index (κ3) is 5.12. The molecule has 30 heavy (non-hydrogen) atoms. The first kappa shape index (κ1) is 21.3. The lowest BCUT2D eigenvalue weighted by Crippen LogP contribution is -2.25. The van der Waals surface area contributed by atoms with E-state index in [1.165, 1.54) is 4.80 Å². The number of tetrazole rings is 1. The summed E-state index contributed by atoms with van der Waals surface area (Å²) >= 11 is 0. The highest BCUT2D eigenvalue weighted by molar-refractivity contribution is 5.95. The largest absolute Gasteiger partial charge is 0.493 e. The second-order valence-corrected chi connectivity index (χ2v) is 6.50. The van der Waals surface area contributed by atoms with Crippen LogP contribution in [0.4, 0.5) is 0 Å². The third-order valence-electron chi connectivity index (χ3n) is 4.41. The van der Waals surface area contributed by atoms with E-state index in [-0.39, 0.29) is 18.9 Å². The van der Waals surface area contributed by atoms with E-state index in [2.05, 4.69) is 15.4 Å². The molecule has 0 saturated carbocycles. The van der Waals surface area contributed by atoms with Gasteiger partial charge in [0.2, 0.25) is 5.82 Å². The second-order valence-electron chi connectivity index (χ2n) is 6.50. The number of carbonyl (C=O) groups excluding carboxylic acids is 1. The van der Waals surface area contributed by atoms with Gasteiger partial charge in [-0.05, 0) is 47.7 Å². The summed E-state index contributed by atoms with van der Waals surface area (Å²) in [5.74, 6) is 2.21. The number of aliphatic hydroxyl groups is 1. The van der Waals surface area contributed by atoms with Crippen LogP contribution in [-0.2, 0) is 6.54 Å². The summed E-state index contributed by atoms with van der Waals surface area (Å²) in [4.78, 5) is 13.0. The third-order valence-corrected chi connectivity index (χ3v) is 4.41. The zero-order valence-electron chi connectivity index (χ0n) is 17.1. The smallest absolute Gasteiger partial charge is 0.205 e. The molecule has 0 aliphatic heterocycles. The predicted molar refractivity (Wildman–Crippen MR) is 109 cm³/mol. The molecule has 9 heteroatoms. The summed E-state index contributed by atoms with van der Waals surface area (Å²) in [5, 5.41) is 22.5. The van der Waals surface area contributed by atoms with Gasteiger partial charge in [0.1, 0.15) is 18.5 Å². The molecule has 0 bridgehead atoms. The molecule has 0 spiro atoms. The van der Waals surface area contributed by atoms with Crippen LogP contribution >= 0.6 is 0 Å². The van der Waals surface area contributed by atoms with Crippen molar-refractivity contribution in [2.45, 2.75) is 26.0 Å². The normalized spacial score (nSPS) is 11.7. The molecule has 9 nitrogen and oxygen atoms in total. The van der Waals surface area contributed by atoms with Gasteiger partial charge in [0.15, 0.2) is 17.3 Å². The minimum Gasteiger partial charge on any atom is -0.493 e. The van der Waals surface area contributed by atoms with E-state index in [4.69, 9.17) is 14.2 Å². The number of rotatable bonds is 10. The molecule has 0 saturated heterocycles. The van der Waals surface area contributed by atoms with Crippen molar-refractivity contribution < 1.29 is 24.1 Å². The van der Waals surface area contributed by atoms with E-state index in [9.17, 15) is 9.90 Å². The van der Waals surface area contributed by atoms with Crippen LogP contribution in [0.3, 0.4) is 0 Å². The Bertz CT molecular complexity index is 987. The molecule has 3 aromatic rings. The van der Waals surface area contributed by atoms with E-state index in [1.54, 1.807) is 56.7 Å². The first-order valence-electron chi connectivity index (χ1n) is 9.48. The Hall–Kier alpha value is -3.46. The number of nitrogens with zero attached hydrogens (tertiary/aromatic N) is 4. The van der Waals surface area contributed by atoms with Crippen molar-refractivity contribution in [1.29, 1.82) is 0 Å². The highest BCUT2D eigenvalue weighted by atomic mass is 16.5. The topological polar surface area (TPSA) is 109 Å². The Kier molecular flexibility index (Phi) is 6.97. The van der Waals surface area contributed by atoms with Gasteiger partial charge < -0.3 is 19.3 Å². The van der Waals surface area contributed by atoms with Gasteiger partial charge in [-0.1, -0.05) is 6.92 Å². The monoisotopic (exact) mass is 412 g/mol. The summed E-state index contributed by atoms with van der Waals surface area (Å²) in [6.07, 6.45) is -0.385. The quantitative estimate of drug-likeness (QED) is 0.506. The lowest BCUT2D eigenvalue weighted by molar-refractivity contribution is 0.0849. The fourth-order valence-electron chi connectivity index (χ4n) is 2.79. The average molecular weight is 412 g/mol. The number of Topliss-reactive ketones (excluding diaryl/α,β-unsaturated/α-hetero) is 1. The van der Waals surface area contributed by atoms with E-state index in [0.29, 0.717) is 40.6 Å². The molecule has 0 amide bonds. The Morgan fingerprint density at radius 2 is 1.83 bits per heavy atom. The molecule has 1 atom stereocenters. The fraction of sp³-hybridized carbons (Fsp3) is 0.333. The van der Waals surface area contributed by atoms with E-state index in [1.807, 2.05) is 6.92 Å². The Labute approximate surface area is 174 Å². The van der Waals surface area contributed by atoms with Gasteiger partial charge in [-0.2, -0.15) is 4.80 Å². The SMILES string of the molecule is CCC(=O)c1ccc(OCC(O)Cn2nnc(-c3ccc(OC)c(OC)c3)n2)cc1. The van der Waals surface area contributed by atoms with Gasteiger partial charge in [0, 0.05) is 17.5 Å². The molecule has 1 heterocycles. The minimum atomic E-state index is -0.839. The molecule has 3 rings (SSSR count). The van der Waals surface area contributed by atoms with Crippen LogP contribution in [0.1, 0.15) is 23.7 Å². The Morgan fingerprint density at radius 1 is 1.10 bits per heavy atom. The van der Waals surface area contributed by atoms with Gasteiger partial charge in [0.25, 0.3) is 0 Å². The van der Waals surface area contributed by atoms with Crippen LogP contribution in [-0.4, -0.2) is 58.0 Å². The summed E-state index contributed by atoms with van der Waals surface area (Å²) in [6, 6.07) is 12.2. The van der Waals surface area contributed by atoms with Crippen molar-refractivity contribution in [1.82, 2.24) is 20.2 Å². The number of hydrogen-bond acceptors (Lipinski definition) is 8. The van der Waals surface area contributed by atoms with Gasteiger partial charge in [0.05, 0.1) is 20.8 Å². The van der Waals surface area contributed by atoms with Gasteiger partial charge >= 0.3 is 0 Å². The Balaban J connectivity index is 1.57. The van der Waals surface area contributed by atoms with Crippen molar-refractivity contribution in [3.05, 3.63) is 48.0 Å². The van der Waals surface area contributed by atoms with Crippen molar-refractivity contribution in [3.63, 3.8) is 0 Å². The number of ketones is 1. The number of aliphatic hydroxyl groups excluding tert-OH is 1. The number of aromatic nitrogens is 4. The van der Waals surface area contributed by atoms with Crippen molar-refractivity contribution in [2.24, 2.45) is 0 Å². The van der Waals surface area contributed by atoms with Crippen LogP contribution in [0.25, 0.3) is 11.4 Å². The van der Waals surface area contributed by atoms with Gasteiger partial charge in [-0.15, -0.1) is 10.2 Å². The molecule has 0 radical (unpaired) electrons. The molecular formula is C21H24N4O5. The first-order chi connectivity index (χ1) is 14.5. The summed E-state index contributed by atoms with van der Waals surface area (Å²) in [5.41, 5.74) is 1.35. The molecule has 1 aromatic heterocycles. The van der Waals surface area contributed by atoms with Crippen molar-refractivity contribution in [3.8, 4) is 28.6 Å². The van der Waals surface area contributed by atoms with Crippen LogP contribution < -0.4 is 14.2 Å². The summed E-state index contributed by atoms with van der Waals surface area (Å²) < 4.78 is 16.1. The molecular weight excluding hydrogens is 388 g/mol. The minimum absolute atomic E-state index is 0.0499. The lowest BCUT2D eigenvalue weighted by atomic mass is 10.1. The maximum atomic E-state index is 11.6. The van der Waals surface area contributed by atoms with Gasteiger partial charge in [-0.25, -0.2) is 0 Å². The Morgan fingerprint density at radius 3 is 2.50 bits per heavy atom. The molecule has 0 aliphatic carbocycles. The number of carbonyl (C=O) groups is 1. The molecule has 1 unspecified atom stereocenters. The molecule has 0 fully saturated rings. The second kappa shape index (κ2) is 9.84. The van der Waals surface area contributed by atoms with Crippen LogP contribution in [0.15, 0.2) is 42.5 Å². The number of benzene rings is 2. The molecule has 1 N–H and O–H groups in total. The zero-order chi connectivity index (χ0) is 21.5. The molecule has 2 aromatic carbocycles. The van der Waals surface area contributed by atoms with Crippen molar-refractivity contribution >= 4 is 5.78 Å². The number of hydrogen-bond donors (Lipinski definition) is 1. The first-order valence-corrected chi connectivity index (χ1v) is 9.48. The fourth-order valence-corrected chi connectivity index (χ4v) is 2.79. The summed E-state index contributed by atoms with van der Waals surface area (Å²) in [6.45, 7) is 1.98. The summed E-state index contributed by atoms with van der Waals surface area (Å²) in [7, 11) is 3.12. The highest BCUT2D eigenvalue weighted by Gasteiger charge is 2.13. The van der Waals surface area contributed by atoms with Crippen molar-refractivity contribution in [2.75, 3.05) is 20.8 Å². The average Bonchev–Trinajstić information content (AvgIpc) is 3.25. The highest BCUT2D eigenvalue weighted by Crippen LogP contribution is 2.30. The van der Waals surface area contributed by atoms with E-state index >= 15 is 0 Å². The molecule has 158 valence electrons. The maximum Gasteiger partial charge on any atom is 0.205 e. The lowest BCUT2D eigenvalue weighted by Gasteiger charge is -2.11.